The van der Waals surface area contributed by atoms with Gasteiger partial charge in [-0.25, -0.2) is 4.79 Å². The van der Waals surface area contributed by atoms with Crippen molar-refractivity contribution in [2.24, 2.45) is 0 Å². The third-order valence-electron chi connectivity index (χ3n) is 3.47. The molecule has 0 saturated carbocycles. The van der Waals surface area contributed by atoms with E-state index in [1.165, 1.54) is 10.8 Å². The van der Waals surface area contributed by atoms with Gasteiger partial charge < -0.3 is 10.1 Å². The van der Waals surface area contributed by atoms with E-state index >= 15 is 0 Å². The quantitative estimate of drug-likeness (QED) is 0.672. The number of aromatic amines is 2. The van der Waals surface area contributed by atoms with Crippen molar-refractivity contribution in [1.29, 1.82) is 0 Å². The molecule has 6 heteroatoms. The number of aryl methyl sites for hydroxylation is 1. The number of para-hydroxylation sites is 1. The summed E-state index contributed by atoms with van der Waals surface area (Å²) in [7, 11) is 0. The molecule has 0 aliphatic rings. The SMILES string of the molecule is Cc1cn(CC(O)c2cc3ccccc3[nH]2)c(=O)[nH]c1=O. The molecule has 108 valence electrons. The molecule has 1 atom stereocenters. The largest absolute Gasteiger partial charge is 0.385 e. The van der Waals surface area contributed by atoms with Crippen LogP contribution in [0.5, 0.6) is 0 Å². The molecule has 3 N–H and O–H groups in total. The summed E-state index contributed by atoms with van der Waals surface area (Å²) in [4.78, 5) is 28.4. The van der Waals surface area contributed by atoms with Crippen molar-refractivity contribution in [2.75, 3.05) is 0 Å². The van der Waals surface area contributed by atoms with Crippen LogP contribution < -0.4 is 11.2 Å². The van der Waals surface area contributed by atoms with Crippen molar-refractivity contribution < 1.29 is 5.11 Å². The van der Waals surface area contributed by atoms with Gasteiger partial charge in [-0.1, -0.05) is 18.2 Å². The number of aliphatic hydroxyl groups is 1. The Morgan fingerprint density at radius 2 is 2.00 bits per heavy atom. The molecular weight excluding hydrogens is 270 g/mol. The van der Waals surface area contributed by atoms with Gasteiger partial charge in [0, 0.05) is 23.0 Å². The zero-order valence-electron chi connectivity index (χ0n) is 11.5. The highest BCUT2D eigenvalue weighted by molar-refractivity contribution is 5.80. The van der Waals surface area contributed by atoms with Gasteiger partial charge in [0.1, 0.15) is 6.10 Å². The van der Waals surface area contributed by atoms with Crippen molar-refractivity contribution in [1.82, 2.24) is 14.5 Å². The van der Waals surface area contributed by atoms with Crippen LogP contribution in [-0.4, -0.2) is 19.6 Å². The van der Waals surface area contributed by atoms with Crippen LogP contribution in [-0.2, 0) is 6.54 Å². The monoisotopic (exact) mass is 285 g/mol. The summed E-state index contributed by atoms with van der Waals surface area (Å²) in [6.07, 6.45) is 0.591. The zero-order valence-corrected chi connectivity index (χ0v) is 11.5. The molecule has 2 heterocycles. The Bertz CT molecular complexity index is 871. The van der Waals surface area contributed by atoms with Crippen molar-refractivity contribution in [2.45, 2.75) is 19.6 Å². The lowest BCUT2D eigenvalue weighted by Gasteiger charge is -2.11. The van der Waals surface area contributed by atoms with E-state index in [9.17, 15) is 14.7 Å². The molecule has 0 saturated heterocycles. The molecule has 0 bridgehead atoms. The second kappa shape index (κ2) is 5.06. The molecule has 1 aromatic carbocycles. The van der Waals surface area contributed by atoms with Crippen molar-refractivity contribution in [3.8, 4) is 0 Å². The van der Waals surface area contributed by atoms with E-state index in [2.05, 4.69) is 9.97 Å². The molecule has 0 radical (unpaired) electrons. The minimum Gasteiger partial charge on any atom is -0.385 e. The van der Waals surface area contributed by atoms with Crippen LogP contribution in [0, 0.1) is 6.92 Å². The molecule has 0 aliphatic carbocycles. The van der Waals surface area contributed by atoms with E-state index in [4.69, 9.17) is 0 Å². The van der Waals surface area contributed by atoms with Gasteiger partial charge >= 0.3 is 5.69 Å². The highest BCUT2D eigenvalue weighted by Gasteiger charge is 2.13. The topological polar surface area (TPSA) is 90.9 Å². The molecule has 0 spiro atoms. The molecule has 6 nitrogen and oxygen atoms in total. The van der Waals surface area contributed by atoms with E-state index in [-0.39, 0.29) is 6.54 Å². The van der Waals surface area contributed by atoms with Gasteiger partial charge in [-0.05, 0) is 24.4 Å². The minimum absolute atomic E-state index is 0.0727. The van der Waals surface area contributed by atoms with Gasteiger partial charge in [0.15, 0.2) is 0 Å². The Kier molecular flexibility index (Phi) is 3.23. The number of rotatable bonds is 3. The van der Waals surface area contributed by atoms with Crippen LogP contribution in [0.4, 0.5) is 0 Å². The standard InChI is InChI=1S/C15H15N3O3/c1-9-7-18(15(21)17-14(9)20)8-13(19)12-6-10-4-2-3-5-11(10)16-12/h2-7,13,16,19H,8H2,1H3,(H,17,20,21). The lowest BCUT2D eigenvalue weighted by molar-refractivity contribution is 0.150. The second-order valence-corrected chi connectivity index (χ2v) is 5.05. The van der Waals surface area contributed by atoms with Gasteiger partial charge in [-0.3, -0.25) is 14.3 Å². The Hall–Kier alpha value is -2.60. The van der Waals surface area contributed by atoms with Crippen molar-refractivity contribution in [3.05, 3.63) is 68.6 Å². The Morgan fingerprint density at radius 1 is 1.24 bits per heavy atom. The summed E-state index contributed by atoms with van der Waals surface area (Å²) in [5.74, 6) is 0. The summed E-state index contributed by atoms with van der Waals surface area (Å²) in [5.41, 5.74) is 1.05. The second-order valence-electron chi connectivity index (χ2n) is 5.05. The van der Waals surface area contributed by atoms with E-state index in [1.807, 2.05) is 30.3 Å². The number of hydrogen-bond donors (Lipinski definition) is 3. The number of fused-ring (bicyclic) bond motifs is 1. The van der Waals surface area contributed by atoms with E-state index < -0.39 is 17.4 Å². The molecule has 21 heavy (non-hydrogen) atoms. The Labute approximate surface area is 119 Å². The lowest BCUT2D eigenvalue weighted by Crippen LogP contribution is -2.32. The molecule has 3 aromatic rings. The number of H-pyrrole nitrogens is 2. The molecule has 0 fully saturated rings. The normalized spacial score (nSPS) is 12.7. The van der Waals surface area contributed by atoms with Crippen LogP contribution in [0.25, 0.3) is 10.9 Å². The third kappa shape index (κ3) is 2.53. The van der Waals surface area contributed by atoms with Crippen LogP contribution in [0.2, 0.25) is 0 Å². The fourth-order valence-electron chi connectivity index (χ4n) is 2.31. The average molecular weight is 285 g/mol. The van der Waals surface area contributed by atoms with Crippen molar-refractivity contribution in [3.63, 3.8) is 0 Å². The average Bonchev–Trinajstić information content (AvgIpc) is 2.88. The molecule has 3 rings (SSSR count). The predicted octanol–water partition coefficient (Wildman–Crippen LogP) is 1.06. The number of aliphatic hydroxyl groups excluding tert-OH is 1. The van der Waals surface area contributed by atoms with Crippen LogP contribution in [0.15, 0.2) is 46.1 Å². The third-order valence-corrected chi connectivity index (χ3v) is 3.47. The first-order chi connectivity index (χ1) is 10.0. The number of nitrogens with one attached hydrogen (secondary N) is 2. The number of nitrogens with zero attached hydrogens (tertiary/aromatic N) is 1. The number of hydrogen-bond acceptors (Lipinski definition) is 3. The first-order valence-electron chi connectivity index (χ1n) is 6.60. The smallest absolute Gasteiger partial charge is 0.328 e. The number of benzene rings is 1. The highest BCUT2D eigenvalue weighted by atomic mass is 16.3. The first kappa shape index (κ1) is 13.4. The zero-order chi connectivity index (χ0) is 15.0. The molecule has 1 unspecified atom stereocenters. The van der Waals surface area contributed by atoms with E-state index in [0.29, 0.717) is 11.3 Å². The highest BCUT2D eigenvalue weighted by Crippen LogP contribution is 2.20. The molecule has 0 amide bonds. The van der Waals surface area contributed by atoms with Crippen molar-refractivity contribution >= 4 is 10.9 Å². The maximum Gasteiger partial charge on any atom is 0.328 e. The summed E-state index contributed by atoms with van der Waals surface area (Å²) in [5, 5.41) is 11.3. The maximum atomic E-state index is 11.7. The molecule has 2 aromatic heterocycles. The summed E-state index contributed by atoms with van der Waals surface area (Å²) in [6, 6.07) is 9.54. The summed E-state index contributed by atoms with van der Waals surface area (Å²) in [6.45, 7) is 1.69. The fourth-order valence-corrected chi connectivity index (χ4v) is 2.31. The van der Waals surface area contributed by atoms with Gasteiger partial charge in [-0.2, -0.15) is 0 Å². The van der Waals surface area contributed by atoms with Gasteiger partial charge in [0.05, 0.1) is 6.54 Å². The maximum absolute atomic E-state index is 11.7. The lowest BCUT2D eigenvalue weighted by atomic mass is 10.2. The van der Waals surface area contributed by atoms with Gasteiger partial charge in [0.25, 0.3) is 5.56 Å². The molecular formula is C15H15N3O3. The summed E-state index contributed by atoms with van der Waals surface area (Å²) >= 11 is 0. The fraction of sp³-hybridized carbons (Fsp3) is 0.200. The van der Waals surface area contributed by atoms with Crippen LogP contribution in [0.3, 0.4) is 0 Å². The predicted molar refractivity (Wildman–Crippen MR) is 79.3 cm³/mol. The van der Waals surface area contributed by atoms with Crippen LogP contribution in [0.1, 0.15) is 17.4 Å². The van der Waals surface area contributed by atoms with Crippen LogP contribution >= 0.6 is 0 Å². The van der Waals surface area contributed by atoms with Gasteiger partial charge in [-0.15, -0.1) is 0 Å². The summed E-state index contributed by atoms with van der Waals surface area (Å²) < 4.78 is 1.30. The number of aromatic nitrogens is 3. The van der Waals surface area contributed by atoms with Gasteiger partial charge in [0.2, 0.25) is 0 Å². The van der Waals surface area contributed by atoms with E-state index in [0.717, 1.165) is 10.9 Å². The Morgan fingerprint density at radius 3 is 2.76 bits per heavy atom. The molecule has 0 aliphatic heterocycles. The first-order valence-corrected chi connectivity index (χ1v) is 6.60. The van der Waals surface area contributed by atoms with E-state index in [1.54, 1.807) is 6.92 Å². The Balaban J connectivity index is 1.92. The minimum atomic E-state index is -0.861.